The number of rotatable bonds is 34. The Balaban J connectivity index is 4.49. The number of quaternary nitrogens is 1. The van der Waals surface area contributed by atoms with E-state index < -0.39 is 32.5 Å². The molecule has 0 aliphatic carbocycles. The lowest BCUT2D eigenvalue weighted by Crippen LogP contribution is -2.37. The number of unbranched alkanes of at least 4 members (excludes halogenated alkanes) is 10. The van der Waals surface area contributed by atoms with Crippen LogP contribution in [0.2, 0.25) is 0 Å². The highest BCUT2D eigenvalue weighted by Crippen LogP contribution is 2.38. The molecule has 0 heterocycles. The predicted molar refractivity (Wildman–Crippen MR) is 208 cm³/mol. The van der Waals surface area contributed by atoms with Crippen molar-refractivity contribution in [1.29, 1.82) is 0 Å². The van der Waals surface area contributed by atoms with E-state index in [0.29, 0.717) is 23.9 Å². The first-order chi connectivity index (χ1) is 24.5. The van der Waals surface area contributed by atoms with Crippen LogP contribution in [0, 0.1) is 0 Å². The molecule has 0 aliphatic heterocycles. The second-order valence-electron chi connectivity index (χ2n) is 13.9. The summed E-state index contributed by atoms with van der Waals surface area (Å²) in [6.45, 7) is 4.04. The summed E-state index contributed by atoms with van der Waals surface area (Å²) in [4.78, 5) is 37.2. The molecule has 9 nitrogen and oxygen atoms in total. The standard InChI is InChI=1S/C41H72NO8P/c1-6-8-10-12-14-16-17-18-19-20-21-22-23-24-25-26-28-29-31-33-40(43)47-37-39(38-49-51(45,46)48-36-35-42(3,4)5)50-41(44)34-32-30-27-15-13-11-9-7-2/h14,16,18-19,21-22,24-25,28-29,39H,6-13,15,17,20,23,26-27,30-38H2,1-5H3/b16-14+,19-18+,22-21+,25-24+,29-28+/t39-/m0/s1. The fourth-order valence-corrected chi connectivity index (χ4v) is 5.42. The lowest BCUT2D eigenvalue weighted by atomic mass is 10.1. The summed E-state index contributed by atoms with van der Waals surface area (Å²) in [5.41, 5.74) is 0. The Bertz CT molecular complexity index is 1060. The van der Waals surface area contributed by atoms with E-state index in [1.165, 1.54) is 51.4 Å². The third-order valence-corrected chi connectivity index (χ3v) is 8.77. The molecule has 0 spiro atoms. The van der Waals surface area contributed by atoms with Crippen molar-refractivity contribution in [3.05, 3.63) is 60.8 Å². The zero-order valence-corrected chi connectivity index (χ0v) is 33.7. The van der Waals surface area contributed by atoms with E-state index in [4.69, 9.17) is 18.5 Å². The van der Waals surface area contributed by atoms with Crippen molar-refractivity contribution in [3.63, 3.8) is 0 Å². The van der Waals surface area contributed by atoms with Gasteiger partial charge in [0.15, 0.2) is 6.10 Å². The molecule has 0 fully saturated rings. The largest absolute Gasteiger partial charge is 0.756 e. The monoisotopic (exact) mass is 737 g/mol. The summed E-state index contributed by atoms with van der Waals surface area (Å²) >= 11 is 0. The molecular formula is C41H72NO8P. The Morgan fingerprint density at radius 3 is 1.65 bits per heavy atom. The number of hydrogen-bond acceptors (Lipinski definition) is 8. The van der Waals surface area contributed by atoms with E-state index in [1.807, 2.05) is 33.3 Å². The average molecular weight is 738 g/mol. The van der Waals surface area contributed by atoms with Gasteiger partial charge in [-0.3, -0.25) is 14.2 Å². The molecule has 0 amide bonds. The van der Waals surface area contributed by atoms with Gasteiger partial charge in [-0.25, -0.2) is 0 Å². The van der Waals surface area contributed by atoms with Crippen LogP contribution in [-0.4, -0.2) is 70.0 Å². The van der Waals surface area contributed by atoms with Gasteiger partial charge in [0, 0.05) is 12.8 Å². The second-order valence-corrected chi connectivity index (χ2v) is 15.4. The minimum absolute atomic E-state index is 0.0436. The van der Waals surface area contributed by atoms with Crippen molar-refractivity contribution in [2.45, 2.75) is 142 Å². The van der Waals surface area contributed by atoms with Crippen LogP contribution in [-0.2, 0) is 32.7 Å². The number of carbonyl (C=O) groups excluding carboxylic acids is 2. The summed E-state index contributed by atoms with van der Waals surface area (Å²) in [6, 6.07) is 0. The van der Waals surface area contributed by atoms with Crippen molar-refractivity contribution in [1.82, 2.24) is 0 Å². The molecule has 294 valence electrons. The molecule has 0 aromatic heterocycles. The lowest BCUT2D eigenvalue weighted by Gasteiger charge is -2.28. The van der Waals surface area contributed by atoms with Crippen LogP contribution in [0.15, 0.2) is 60.8 Å². The molecule has 0 aromatic rings. The fraction of sp³-hybridized carbons (Fsp3) is 0.707. The molecule has 0 aromatic carbocycles. The van der Waals surface area contributed by atoms with E-state index in [0.717, 1.165) is 44.9 Å². The van der Waals surface area contributed by atoms with Crippen LogP contribution >= 0.6 is 7.82 Å². The molecule has 10 heteroatoms. The van der Waals surface area contributed by atoms with E-state index in [1.54, 1.807) is 0 Å². The van der Waals surface area contributed by atoms with Crippen LogP contribution in [0.25, 0.3) is 0 Å². The second kappa shape index (κ2) is 33.5. The van der Waals surface area contributed by atoms with Gasteiger partial charge in [-0.15, -0.1) is 0 Å². The van der Waals surface area contributed by atoms with Crippen LogP contribution < -0.4 is 4.89 Å². The zero-order valence-electron chi connectivity index (χ0n) is 32.8. The molecule has 1 unspecified atom stereocenters. The van der Waals surface area contributed by atoms with E-state index in [9.17, 15) is 19.0 Å². The van der Waals surface area contributed by atoms with Gasteiger partial charge in [0.05, 0.1) is 27.7 Å². The van der Waals surface area contributed by atoms with E-state index in [2.05, 4.69) is 62.5 Å². The molecule has 0 bridgehead atoms. The van der Waals surface area contributed by atoms with Crippen molar-refractivity contribution in [2.75, 3.05) is 47.5 Å². The van der Waals surface area contributed by atoms with Gasteiger partial charge in [0.25, 0.3) is 7.82 Å². The topological polar surface area (TPSA) is 111 Å². The summed E-state index contributed by atoms with van der Waals surface area (Å²) in [7, 11) is 1.12. The number of phosphoric ester groups is 1. The maximum atomic E-state index is 12.5. The van der Waals surface area contributed by atoms with Crippen molar-refractivity contribution >= 4 is 19.8 Å². The molecule has 0 radical (unpaired) electrons. The Hall–Kier alpha value is -2.29. The number of carbonyl (C=O) groups is 2. The average Bonchev–Trinajstić information content (AvgIpc) is 3.07. The highest BCUT2D eigenvalue weighted by molar-refractivity contribution is 7.45. The highest BCUT2D eigenvalue weighted by Gasteiger charge is 2.21. The van der Waals surface area contributed by atoms with E-state index in [-0.39, 0.29) is 26.1 Å². The normalized spacial score (nSPS) is 14.4. The van der Waals surface area contributed by atoms with Crippen LogP contribution in [0.5, 0.6) is 0 Å². The van der Waals surface area contributed by atoms with Gasteiger partial charge in [0.1, 0.15) is 19.8 Å². The third-order valence-electron chi connectivity index (χ3n) is 7.80. The Morgan fingerprint density at radius 2 is 1.10 bits per heavy atom. The third kappa shape index (κ3) is 37.3. The molecule has 0 saturated carbocycles. The minimum Gasteiger partial charge on any atom is -0.756 e. The first-order valence-electron chi connectivity index (χ1n) is 19.5. The molecule has 51 heavy (non-hydrogen) atoms. The van der Waals surface area contributed by atoms with Crippen LogP contribution in [0.1, 0.15) is 136 Å². The number of nitrogens with zero attached hydrogens (tertiary/aromatic N) is 1. The zero-order chi connectivity index (χ0) is 37.9. The van der Waals surface area contributed by atoms with Crippen LogP contribution in [0.4, 0.5) is 0 Å². The molecule has 0 saturated heterocycles. The van der Waals surface area contributed by atoms with E-state index >= 15 is 0 Å². The van der Waals surface area contributed by atoms with Gasteiger partial charge in [-0.2, -0.15) is 0 Å². The Labute approximate surface area is 311 Å². The van der Waals surface area contributed by atoms with Gasteiger partial charge >= 0.3 is 11.9 Å². The quantitative estimate of drug-likeness (QED) is 0.0211. The van der Waals surface area contributed by atoms with Gasteiger partial charge in [0.2, 0.25) is 0 Å². The Morgan fingerprint density at radius 1 is 0.608 bits per heavy atom. The molecule has 2 atom stereocenters. The lowest BCUT2D eigenvalue weighted by molar-refractivity contribution is -0.870. The fourth-order valence-electron chi connectivity index (χ4n) is 4.69. The highest BCUT2D eigenvalue weighted by atomic mass is 31.2. The number of esters is 2. The SMILES string of the molecule is CCCCC/C=C/C/C=C/C/C=C/C/C=C/C/C=C/CCC(=O)OC[C@@H](COP(=O)([O-])OCC[N+](C)(C)C)OC(=O)CCCCCCCCCC. The number of phosphoric acid groups is 1. The smallest absolute Gasteiger partial charge is 0.306 e. The van der Waals surface area contributed by atoms with Gasteiger partial charge in [-0.1, -0.05) is 132 Å². The summed E-state index contributed by atoms with van der Waals surface area (Å²) in [5.74, 6) is -0.942. The molecule has 0 rings (SSSR count). The maximum absolute atomic E-state index is 12.5. The van der Waals surface area contributed by atoms with Crippen molar-refractivity contribution < 1.29 is 42.1 Å². The minimum atomic E-state index is -4.63. The summed E-state index contributed by atoms with van der Waals surface area (Å²) in [5, 5.41) is 0. The maximum Gasteiger partial charge on any atom is 0.306 e. The number of likely N-dealkylation sites (N-methyl/N-ethyl adjacent to an activating group) is 1. The number of allylic oxidation sites excluding steroid dienone is 10. The number of hydrogen-bond donors (Lipinski definition) is 0. The molecule has 0 aliphatic rings. The summed E-state index contributed by atoms with van der Waals surface area (Å²) < 4.78 is 33.6. The summed E-state index contributed by atoms with van der Waals surface area (Å²) in [6.07, 6.45) is 38.5. The Kier molecular flexibility index (Phi) is 32.0. The molecular weight excluding hydrogens is 665 g/mol. The molecule has 0 N–H and O–H groups in total. The number of ether oxygens (including phenoxy) is 2. The predicted octanol–water partition coefficient (Wildman–Crippen LogP) is 9.88. The van der Waals surface area contributed by atoms with Gasteiger partial charge < -0.3 is 27.9 Å². The first kappa shape index (κ1) is 48.7. The van der Waals surface area contributed by atoms with Crippen molar-refractivity contribution in [2.24, 2.45) is 0 Å². The van der Waals surface area contributed by atoms with Crippen molar-refractivity contribution in [3.8, 4) is 0 Å². The van der Waals surface area contributed by atoms with Crippen LogP contribution in [0.3, 0.4) is 0 Å². The first-order valence-corrected chi connectivity index (χ1v) is 21.0. The van der Waals surface area contributed by atoms with Gasteiger partial charge in [-0.05, 0) is 51.4 Å².